The lowest BCUT2D eigenvalue weighted by Gasteiger charge is -2.08. The van der Waals surface area contributed by atoms with Crippen LogP contribution in [0.15, 0.2) is 17.8 Å². The monoisotopic (exact) mass is 306 g/mol. The van der Waals surface area contributed by atoms with E-state index in [1.165, 1.54) is 0 Å². The Morgan fingerprint density at radius 1 is 1.62 bits per heavy atom. The van der Waals surface area contributed by atoms with Crippen LogP contribution < -0.4 is 5.32 Å². The van der Waals surface area contributed by atoms with Crippen LogP contribution in [-0.4, -0.2) is 33.4 Å². The number of nitrogens with one attached hydrogen (secondary N) is 1. The molecule has 0 aliphatic carbocycles. The Morgan fingerprint density at radius 2 is 2.52 bits per heavy atom. The molecule has 0 radical (unpaired) electrons. The van der Waals surface area contributed by atoms with Gasteiger partial charge < -0.3 is 10.1 Å². The van der Waals surface area contributed by atoms with Crippen LogP contribution in [0.3, 0.4) is 0 Å². The molecular weight excluding hydrogens is 288 g/mol. The van der Waals surface area contributed by atoms with E-state index >= 15 is 0 Å². The number of amides is 1. The number of ether oxygens (including phenoxy) is 1. The van der Waals surface area contributed by atoms with Gasteiger partial charge in [0.05, 0.1) is 41.7 Å². The van der Waals surface area contributed by atoms with Gasteiger partial charge in [0.1, 0.15) is 0 Å². The largest absolute Gasteiger partial charge is 0.376 e. The minimum Gasteiger partial charge on any atom is -0.376 e. The number of nitrogens with zero attached hydrogens (tertiary/aromatic N) is 3. The number of hydrogen-bond acceptors (Lipinski definition) is 5. The quantitative estimate of drug-likeness (QED) is 0.917. The summed E-state index contributed by atoms with van der Waals surface area (Å²) in [6.45, 7) is 3.50. The molecule has 1 amide bonds. The number of anilines is 1. The summed E-state index contributed by atoms with van der Waals surface area (Å²) >= 11 is 1.55. The molecule has 0 bridgehead atoms. The molecule has 3 heterocycles. The third kappa shape index (κ3) is 3.89. The van der Waals surface area contributed by atoms with Crippen molar-refractivity contribution in [2.75, 3.05) is 11.9 Å². The van der Waals surface area contributed by atoms with Crippen molar-refractivity contribution in [2.45, 2.75) is 38.8 Å². The molecule has 1 aliphatic heterocycles. The molecule has 1 unspecified atom stereocenters. The third-order valence-corrected chi connectivity index (χ3v) is 4.16. The summed E-state index contributed by atoms with van der Waals surface area (Å²) in [5, 5.41) is 9.99. The molecule has 0 aromatic carbocycles. The van der Waals surface area contributed by atoms with Crippen molar-refractivity contribution >= 4 is 22.9 Å². The van der Waals surface area contributed by atoms with Crippen LogP contribution in [0.4, 0.5) is 5.69 Å². The fourth-order valence-electron chi connectivity index (χ4n) is 2.38. The molecule has 1 aliphatic rings. The second-order valence-electron chi connectivity index (χ2n) is 5.17. The molecular formula is C14H18N4O2S. The zero-order valence-corrected chi connectivity index (χ0v) is 12.7. The number of thiazole rings is 1. The Morgan fingerprint density at radius 3 is 3.24 bits per heavy atom. The van der Waals surface area contributed by atoms with Crippen LogP contribution in [0.2, 0.25) is 0 Å². The number of carbonyl (C=O) groups is 1. The fourth-order valence-corrected chi connectivity index (χ4v) is 3.00. The minimum atomic E-state index is -0.0723. The molecule has 112 valence electrons. The first-order chi connectivity index (χ1) is 10.2. The molecule has 1 N–H and O–H groups in total. The summed E-state index contributed by atoms with van der Waals surface area (Å²) in [7, 11) is 0. The highest BCUT2D eigenvalue weighted by atomic mass is 32.1. The number of rotatable bonds is 5. The Balaban J connectivity index is 1.52. The van der Waals surface area contributed by atoms with Gasteiger partial charge in [-0.2, -0.15) is 5.10 Å². The first-order valence-electron chi connectivity index (χ1n) is 7.04. The second kappa shape index (κ2) is 6.36. The van der Waals surface area contributed by atoms with Gasteiger partial charge in [-0.15, -0.1) is 11.3 Å². The Hall–Kier alpha value is -1.73. The van der Waals surface area contributed by atoms with E-state index in [1.54, 1.807) is 17.5 Å². The second-order valence-corrected chi connectivity index (χ2v) is 6.23. The fraction of sp³-hybridized carbons (Fsp3) is 0.500. The summed E-state index contributed by atoms with van der Waals surface area (Å²) < 4.78 is 7.39. The van der Waals surface area contributed by atoms with Crippen LogP contribution in [0.5, 0.6) is 0 Å². The highest BCUT2D eigenvalue weighted by Crippen LogP contribution is 2.15. The van der Waals surface area contributed by atoms with E-state index in [4.69, 9.17) is 4.74 Å². The van der Waals surface area contributed by atoms with Gasteiger partial charge in [0.2, 0.25) is 5.91 Å². The van der Waals surface area contributed by atoms with Crippen molar-refractivity contribution in [3.8, 4) is 0 Å². The van der Waals surface area contributed by atoms with Gasteiger partial charge in [-0.1, -0.05) is 0 Å². The maximum atomic E-state index is 11.9. The van der Waals surface area contributed by atoms with Gasteiger partial charge in [0, 0.05) is 18.2 Å². The average Bonchev–Trinajstić information content (AvgIpc) is 3.15. The molecule has 6 nitrogen and oxygen atoms in total. The normalized spacial score (nSPS) is 18.0. The zero-order chi connectivity index (χ0) is 14.7. The predicted octanol–water partition coefficient (Wildman–Crippen LogP) is 2.01. The maximum Gasteiger partial charge on any atom is 0.230 e. The van der Waals surface area contributed by atoms with Crippen molar-refractivity contribution in [3.05, 3.63) is 28.5 Å². The van der Waals surface area contributed by atoms with Crippen molar-refractivity contribution < 1.29 is 9.53 Å². The third-order valence-electron chi connectivity index (χ3n) is 3.34. The first kappa shape index (κ1) is 14.2. The molecule has 2 aromatic heterocycles. The first-order valence-corrected chi connectivity index (χ1v) is 7.92. The number of carbonyl (C=O) groups excluding carboxylic acids is 1. The highest BCUT2D eigenvalue weighted by Gasteiger charge is 2.16. The van der Waals surface area contributed by atoms with Gasteiger partial charge >= 0.3 is 0 Å². The zero-order valence-electron chi connectivity index (χ0n) is 11.9. The van der Waals surface area contributed by atoms with E-state index in [-0.39, 0.29) is 12.0 Å². The molecule has 3 rings (SSSR count). The van der Waals surface area contributed by atoms with E-state index in [1.807, 2.05) is 23.2 Å². The average molecular weight is 306 g/mol. The van der Waals surface area contributed by atoms with E-state index in [9.17, 15) is 4.79 Å². The predicted molar refractivity (Wildman–Crippen MR) is 80.4 cm³/mol. The van der Waals surface area contributed by atoms with Crippen molar-refractivity contribution in [1.29, 1.82) is 0 Å². The van der Waals surface area contributed by atoms with E-state index < -0.39 is 0 Å². The van der Waals surface area contributed by atoms with Gasteiger partial charge in [0.15, 0.2) is 0 Å². The van der Waals surface area contributed by atoms with Gasteiger partial charge in [-0.25, -0.2) is 4.98 Å². The number of aromatic nitrogens is 3. The molecule has 0 spiro atoms. The van der Waals surface area contributed by atoms with Crippen LogP contribution >= 0.6 is 11.3 Å². The molecule has 1 atom stereocenters. The van der Waals surface area contributed by atoms with Crippen LogP contribution in [0.1, 0.15) is 23.5 Å². The maximum absolute atomic E-state index is 11.9. The lowest BCUT2D eigenvalue weighted by atomic mass is 10.2. The van der Waals surface area contributed by atoms with Crippen LogP contribution in [-0.2, 0) is 22.5 Å². The van der Waals surface area contributed by atoms with Crippen LogP contribution in [0, 0.1) is 6.92 Å². The molecule has 7 heteroatoms. The van der Waals surface area contributed by atoms with Crippen molar-refractivity contribution in [2.24, 2.45) is 0 Å². The minimum absolute atomic E-state index is 0.0723. The van der Waals surface area contributed by atoms with E-state index in [0.29, 0.717) is 12.1 Å². The van der Waals surface area contributed by atoms with Crippen molar-refractivity contribution in [1.82, 2.24) is 14.8 Å². The number of hydrogen-bond donors (Lipinski definition) is 1. The van der Waals surface area contributed by atoms with E-state index in [0.717, 1.165) is 36.7 Å². The van der Waals surface area contributed by atoms with Gasteiger partial charge in [-0.3, -0.25) is 9.48 Å². The van der Waals surface area contributed by atoms with Gasteiger partial charge in [0.25, 0.3) is 0 Å². The standard InChI is InChI=1S/C14H18N4O2S/c1-10-16-11(9-21-10)5-14(19)17-12-6-15-18(7-12)8-13-3-2-4-20-13/h6-7,9,13H,2-5,8H2,1H3,(H,17,19). The molecule has 1 saturated heterocycles. The summed E-state index contributed by atoms with van der Waals surface area (Å²) in [5.74, 6) is -0.0723. The SMILES string of the molecule is Cc1nc(CC(=O)Nc2cnn(CC3CCCO3)c2)cs1. The Bertz CT molecular complexity index is 616. The number of aryl methyl sites for hydroxylation is 1. The lowest BCUT2D eigenvalue weighted by Crippen LogP contribution is -2.16. The summed E-state index contributed by atoms with van der Waals surface area (Å²) in [6, 6.07) is 0. The molecule has 21 heavy (non-hydrogen) atoms. The lowest BCUT2D eigenvalue weighted by molar-refractivity contribution is -0.115. The highest BCUT2D eigenvalue weighted by molar-refractivity contribution is 7.09. The van der Waals surface area contributed by atoms with E-state index in [2.05, 4.69) is 15.4 Å². The Labute approximate surface area is 127 Å². The van der Waals surface area contributed by atoms with Gasteiger partial charge in [-0.05, 0) is 19.8 Å². The summed E-state index contributed by atoms with van der Waals surface area (Å²) in [5.41, 5.74) is 1.52. The smallest absolute Gasteiger partial charge is 0.230 e. The molecule has 0 saturated carbocycles. The summed E-state index contributed by atoms with van der Waals surface area (Å²) in [4.78, 5) is 16.2. The Kier molecular flexibility index (Phi) is 4.31. The topological polar surface area (TPSA) is 69.0 Å². The van der Waals surface area contributed by atoms with Crippen molar-refractivity contribution in [3.63, 3.8) is 0 Å². The van der Waals surface area contributed by atoms with Crippen LogP contribution in [0.25, 0.3) is 0 Å². The summed E-state index contributed by atoms with van der Waals surface area (Å²) in [6.07, 6.45) is 6.23. The molecule has 1 fully saturated rings. The molecule has 2 aromatic rings.